The summed E-state index contributed by atoms with van der Waals surface area (Å²) < 4.78 is 146. The molecule has 12 rings (SSSR count). The van der Waals surface area contributed by atoms with Crippen molar-refractivity contribution in [2.24, 2.45) is 0 Å². The Kier molecular flexibility index (Phi) is 20.3. The van der Waals surface area contributed by atoms with Gasteiger partial charge in [0.05, 0.1) is 32.7 Å². The third-order valence-electron chi connectivity index (χ3n) is 15.3. The first kappa shape index (κ1) is 69.3. The van der Waals surface area contributed by atoms with Crippen LogP contribution in [-0.4, -0.2) is 45.7 Å². The quantitative estimate of drug-likeness (QED) is 0.0967. The molecule has 12 aromatic rings. The predicted molar refractivity (Wildman–Crippen MR) is 358 cm³/mol. The molecule has 0 unspecified atom stereocenters. The fourth-order valence-electron chi connectivity index (χ4n) is 10.1. The van der Waals surface area contributed by atoms with Gasteiger partial charge >= 0.3 is 6.36 Å². The fourth-order valence-corrected chi connectivity index (χ4v) is 10.5. The Balaban J connectivity index is 0.000000158. The lowest BCUT2D eigenvalue weighted by molar-refractivity contribution is -0.274. The number of fused-ring (bicyclic) bond motifs is 3. The number of allylic oxidation sites excluding steroid dienone is 1. The van der Waals surface area contributed by atoms with E-state index < -0.39 is 75.4 Å². The first-order valence-corrected chi connectivity index (χ1v) is 30.1. The molecule has 0 aliphatic carbocycles. The molecule has 492 valence electrons. The van der Waals surface area contributed by atoms with E-state index in [1.165, 1.54) is 82.4 Å². The van der Waals surface area contributed by atoms with Gasteiger partial charge in [-0.3, -0.25) is 14.4 Å². The summed E-state index contributed by atoms with van der Waals surface area (Å²) in [4.78, 5) is 46.4. The molecular formula is C72H49Cl3F10N8O4. The molecule has 0 saturated heterocycles. The predicted octanol–water partition coefficient (Wildman–Crippen LogP) is 18.8. The average molecular weight is 1390 g/mol. The number of nitrogens with zero attached hydrogens (tertiary/aromatic N) is 8. The van der Waals surface area contributed by atoms with Crippen molar-refractivity contribution < 1.29 is 48.6 Å². The molecule has 7 aromatic carbocycles. The number of halogens is 13. The van der Waals surface area contributed by atoms with Crippen molar-refractivity contribution in [2.75, 3.05) is 0 Å². The van der Waals surface area contributed by atoms with E-state index in [0.717, 1.165) is 80.5 Å². The van der Waals surface area contributed by atoms with Crippen molar-refractivity contribution in [1.82, 2.24) is 39.3 Å². The molecule has 0 aliphatic heterocycles. The Bertz CT molecular complexity index is 5230. The highest BCUT2D eigenvalue weighted by molar-refractivity contribution is 6.31. The number of aromatic nitrogens is 8. The van der Waals surface area contributed by atoms with E-state index in [9.17, 15) is 49.5 Å². The number of alkyl halides is 3. The SMILES string of the molecule is C/C(=C\c1ccnc(F)c1)c1nn(-c2ccc(Cl)cc2F)c2cc(C)c(C)cc2c1=O.Cc1cc2c(=O)c(/C(F)=C/c3ccc(OC(F)(F)F)cc3)nn(-c3ccc(Cl)cc3F)c2cc1C.Cc1cc2c(=O)c(/C(F)=C/c3ccnc(F)c3)nn(-c3ccc(Cl)cc3F)c2cc1C. The normalized spacial score (nSPS) is 12.0. The van der Waals surface area contributed by atoms with E-state index in [-0.39, 0.29) is 70.7 Å². The van der Waals surface area contributed by atoms with Crippen LogP contribution in [0.3, 0.4) is 0 Å². The Morgan fingerprint density at radius 2 is 0.753 bits per heavy atom. The molecule has 0 atom stereocenters. The van der Waals surface area contributed by atoms with Gasteiger partial charge in [-0.15, -0.1) is 13.2 Å². The average Bonchev–Trinajstić information content (AvgIpc) is 0.770. The molecule has 0 saturated carbocycles. The third kappa shape index (κ3) is 15.6. The van der Waals surface area contributed by atoms with Gasteiger partial charge < -0.3 is 4.74 Å². The van der Waals surface area contributed by atoms with Crippen molar-refractivity contribution >= 4 is 103 Å². The summed E-state index contributed by atoms with van der Waals surface area (Å²) in [6, 6.07) is 31.9. The lowest BCUT2D eigenvalue weighted by atomic mass is 10.0. The Morgan fingerprint density at radius 3 is 1.10 bits per heavy atom. The van der Waals surface area contributed by atoms with Crippen molar-refractivity contribution in [2.45, 2.75) is 54.8 Å². The molecule has 0 amide bonds. The van der Waals surface area contributed by atoms with Crippen LogP contribution in [0.4, 0.5) is 43.9 Å². The van der Waals surface area contributed by atoms with Gasteiger partial charge in [0.25, 0.3) is 0 Å². The maximum absolute atomic E-state index is 15.3. The molecule has 0 fully saturated rings. The number of ether oxygens (including phenoxy) is 1. The maximum atomic E-state index is 15.3. The van der Waals surface area contributed by atoms with E-state index in [1.54, 1.807) is 62.4 Å². The van der Waals surface area contributed by atoms with Crippen molar-refractivity contribution in [3.8, 4) is 22.8 Å². The second-order valence-electron chi connectivity index (χ2n) is 22.2. The van der Waals surface area contributed by atoms with Crippen LogP contribution < -0.4 is 21.0 Å². The minimum atomic E-state index is -4.86. The van der Waals surface area contributed by atoms with Crippen molar-refractivity contribution in [3.63, 3.8) is 0 Å². The molecule has 97 heavy (non-hydrogen) atoms. The first-order valence-electron chi connectivity index (χ1n) is 28.9. The first-order chi connectivity index (χ1) is 45.9. The van der Waals surface area contributed by atoms with Gasteiger partial charge in [0.2, 0.25) is 28.2 Å². The molecule has 12 nitrogen and oxygen atoms in total. The zero-order valence-corrected chi connectivity index (χ0v) is 54.1. The highest BCUT2D eigenvalue weighted by Gasteiger charge is 2.31. The molecule has 0 N–H and O–H groups in total. The number of hydrogen-bond donors (Lipinski definition) is 0. The summed E-state index contributed by atoms with van der Waals surface area (Å²) >= 11 is 17.6. The van der Waals surface area contributed by atoms with E-state index in [2.05, 4.69) is 30.0 Å². The Morgan fingerprint density at radius 1 is 0.423 bits per heavy atom. The van der Waals surface area contributed by atoms with Crippen LogP contribution in [0.2, 0.25) is 15.1 Å². The van der Waals surface area contributed by atoms with Gasteiger partial charge in [-0.25, -0.2) is 46.0 Å². The second-order valence-corrected chi connectivity index (χ2v) is 23.5. The van der Waals surface area contributed by atoms with E-state index in [0.29, 0.717) is 27.6 Å². The van der Waals surface area contributed by atoms with Crippen molar-refractivity contribution in [3.05, 3.63) is 294 Å². The largest absolute Gasteiger partial charge is 0.573 e. The highest BCUT2D eigenvalue weighted by Crippen LogP contribution is 2.31. The summed E-state index contributed by atoms with van der Waals surface area (Å²) in [7, 11) is 0. The number of pyridine rings is 2. The van der Waals surface area contributed by atoms with Gasteiger partial charge in [0, 0.05) is 39.6 Å². The number of hydrogen-bond acceptors (Lipinski definition) is 9. The molecule has 25 heteroatoms. The monoisotopic (exact) mass is 1380 g/mol. The van der Waals surface area contributed by atoms with Gasteiger partial charge in [-0.1, -0.05) is 46.9 Å². The number of rotatable bonds is 10. The van der Waals surface area contributed by atoms with Crippen LogP contribution in [0.5, 0.6) is 5.75 Å². The second kappa shape index (κ2) is 28.4. The van der Waals surface area contributed by atoms with Gasteiger partial charge in [0.1, 0.15) is 46.0 Å². The summed E-state index contributed by atoms with van der Waals surface area (Å²) in [5.74, 6) is -5.92. The minimum Gasteiger partial charge on any atom is -0.406 e. The minimum absolute atomic E-state index is 0.00154. The lowest BCUT2D eigenvalue weighted by Crippen LogP contribution is -2.18. The Hall–Kier alpha value is -10.6. The zero-order chi connectivity index (χ0) is 70.1. The Labute approximate surface area is 559 Å². The molecule has 5 aromatic heterocycles. The molecule has 0 bridgehead atoms. The summed E-state index contributed by atoms with van der Waals surface area (Å²) in [6.07, 6.45) is 1.21. The van der Waals surface area contributed by atoms with Crippen LogP contribution in [0.1, 0.15) is 74.1 Å². The van der Waals surface area contributed by atoms with Gasteiger partial charge in [-0.05, 0) is 238 Å². The van der Waals surface area contributed by atoms with E-state index >= 15 is 8.78 Å². The fraction of sp³-hybridized carbons (Fsp3) is 0.111. The molecule has 0 aliphatic rings. The molecule has 5 heterocycles. The summed E-state index contributed by atoms with van der Waals surface area (Å²) in [5.41, 5.74) is 5.04. The van der Waals surface area contributed by atoms with Crippen LogP contribution in [0.15, 0.2) is 166 Å². The molecule has 0 radical (unpaired) electrons. The van der Waals surface area contributed by atoms with E-state index in [1.807, 2.05) is 40.7 Å². The van der Waals surface area contributed by atoms with Gasteiger partial charge in [-0.2, -0.15) is 24.1 Å². The summed E-state index contributed by atoms with van der Waals surface area (Å²) in [5, 5.41) is 14.0. The van der Waals surface area contributed by atoms with Crippen LogP contribution in [-0.2, 0) is 0 Å². The van der Waals surface area contributed by atoms with E-state index in [4.69, 9.17) is 34.8 Å². The van der Waals surface area contributed by atoms with Crippen LogP contribution in [0, 0.1) is 70.9 Å². The number of aryl methyl sites for hydroxylation is 6. The smallest absolute Gasteiger partial charge is 0.406 e. The summed E-state index contributed by atoms with van der Waals surface area (Å²) in [6.45, 7) is 12.8. The highest BCUT2D eigenvalue weighted by atomic mass is 35.5. The topological polar surface area (TPSA) is 140 Å². The van der Waals surface area contributed by atoms with Crippen LogP contribution in [0.25, 0.3) is 85.2 Å². The third-order valence-corrected chi connectivity index (χ3v) is 16.0. The zero-order valence-electron chi connectivity index (χ0n) is 51.8. The van der Waals surface area contributed by atoms with Crippen molar-refractivity contribution in [1.29, 1.82) is 0 Å². The lowest BCUT2D eigenvalue weighted by Gasteiger charge is -2.15. The standard InChI is InChI=1S/C25H16ClF5N2O2.C24H18ClF2N3O.C23H15ClF3N3O/c1-13-9-18-22(10-14(13)2)33(21-8-5-16(26)12-19(21)27)32-23(24(18)34)20(28)11-15-3-6-17(7-4-15)35-25(29,30)31;1-13-9-18-21(10-14(13)2)30(20-5-4-17(25)12-19(20)26)29-23(24(18)31)15(3)8-16-6-7-28-22(27)11-16;1-12-7-16-20(8-13(12)2)30(19-4-3-15(24)11-17(19)25)29-22(23(16)31)18(26)9-14-5-6-28-21(27)10-14/h3-12H,1-2H3;4-12H,1-3H3;3-11H,1-2H3/b20-11-;15-8+;18-9-. The maximum Gasteiger partial charge on any atom is 0.573 e. The molecule has 0 spiro atoms. The van der Waals surface area contributed by atoms with Gasteiger partial charge in [0.15, 0.2) is 23.0 Å². The molecular weight excluding hydrogens is 1340 g/mol. The number of benzene rings is 7. The van der Waals surface area contributed by atoms with Crippen LogP contribution >= 0.6 is 34.8 Å².